The summed E-state index contributed by atoms with van der Waals surface area (Å²) in [6, 6.07) is 15.6. The molecule has 1 N–H and O–H groups in total. The van der Waals surface area contributed by atoms with E-state index >= 15 is 8.78 Å². The minimum atomic E-state index is -0.611. The van der Waals surface area contributed by atoms with Crippen LogP contribution in [0.3, 0.4) is 0 Å². The van der Waals surface area contributed by atoms with Gasteiger partial charge in [-0.1, -0.05) is 33.3 Å². The molecule has 0 spiro atoms. The fourth-order valence-corrected chi connectivity index (χ4v) is 6.34. The lowest BCUT2D eigenvalue weighted by atomic mass is 9.78. The van der Waals surface area contributed by atoms with E-state index in [9.17, 15) is 0 Å². The average molecular weight is 675 g/mol. The second kappa shape index (κ2) is 11.5. The summed E-state index contributed by atoms with van der Waals surface area (Å²) in [5.74, 6) is 0.0840. The van der Waals surface area contributed by atoms with Crippen LogP contribution < -0.4 is 4.74 Å². The second-order valence-electron chi connectivity index (χ2n) is 11.5. The second-order valence-corrected chi connectivity index (χ2v) is 12.4. The van der Waals surface area contributed by atoms with E-state index in [-0.39, 0.29) is 30.2 Å². The predicted octanol–water partition coefficient (Wildman–Crippen LogP) is 7.36. The molecule has 1 aliphatic rings. The molecule has 0 aliphatic carbocycles. The van der Waals surface area contributed by atoms with Gasteiger partial charge in [-0.15, -0.1) is 5.10 Å². The molecule has 0 saturated heterocycles. The summed E-state index contributed by atoms with van der Waals surface area (Å²) in [4.78, 5) is 7.97. The Bertz CT molecular complexity index is 2050. The van der Waals surface area contributed by atoms with Gasteiger partial charge in [0.05, 0.1) is 29.8 Å². The summed E-state index contributed by atoms with van der Waals surface area (Å²) < 4.78 is 47.7. The largest absolute Gasteiger partial charge is 0.454 e. The Morgan fingerprint density at radius 2 is 1.93 bits per heavy atom. The highest BCUT2D eigenvalue weighted by atomic mass is 79.9. The van der Waals surface area contributed by atoms with Crippen LogP contribution in [0.15, 0.2) is 65.3 Å². The number of rotatable bonds is 1. The topological polar surface area (TPSA) is 95.7 Å². The van der Waals surface area contributed by atoms with Crippen molar-refractivity contribution in [3.63, 3.8) is 0 Å². The summed E-state index contributed by atoms with van der Waals surface area (Å²) in [6.45, 7) is 4.95. The number of H-pyrrole nitrogens is 1. The van der Waals surface area contributed by atoms with Crippen molar-refractivity contribution < 1.29 is 18.3 Å². The van der Waals surface area contributed by atoms with Gasteiger partial charge in [-0.05, 0) is 68.7 Å². The van der Waals surface area contributed by atoms with E-state index in [1.807, 2.05) is 31.2 Å². The maximum Gasteiger partial charge on any atom is 0.168 e. The highest BCUT2D eigenvalue weighted by molar-refractivity contribution is 9.10. The third kappa shape index (κ3) is 5.31. The summed E-state index contributed by atoms with van der Waals surface area (Å²) in [5, 5.41) is 14.3. The number of hydrogen-bond donors (Lipinski definition) is 1. The van der Waals surface area contributed by atoms with Crippen molar-refractivity contribution in [3.8, 4) is 22.9 Å². The average Bonchev–Trinajstić information content (AvgIpc) is 3.74. The van der Waals surface area contributed by atoms with Gasteiger partial charge in [0.2, 0.25) is 0 Å². The Hall–Kier alpha value is -4.42. The number of nitrogens with one attached hydrogen (secondary N) is 1. The van der Waals surface area contributed by atoms with E-state index < -0.39 is 17.0 Å². The Morgan fingerprint density at radius 3 is 2.78 bits per heavy atom. The molecule has 0 amide bonds. The fourth-order valence-electron chi connectivity index (χ4n) is 5.94. The van der Waals surface area contributed by atoms with E-state index in [1.165, 1.54) is 24.3 Å². The van der Waals surface area contributed by atoms with Gasteiger partial charge in [-0.2, -0.15) is 5.10 Å². The zero-order valence-corrected chi connectivity index (χ0v) is 26.5. The molecule has 7 rings (SSSR count). The van der Waals surface area contributed by atoms with Crippen LogP contribution >= 0.6 is 15.9 Å². The maximum absolute atomic E-state index is 15.7. The van der Waals surface area contributed by atoms with Crippen LogP contribution in [0.25, 0.3) is 22.3 Å². The molecule has 0 saturated carbocycles. The van der Waals surface area contributed by atoms with E-state index in [0.717, 1.165) is 21.1 Å². The summed E-state index contributed by atoms with van der Waals surface area (Å²) in [6.07, 6.45) is 3.13. The van der Waals surface area contributed by atoms with Crippen LogP contribution in [0.5, 0.6) is 11.5 Å². The van der Waals surface area contributed by atoms with Crippen molar-refractivity contribution in [2.75, 3.05) is 6.61 Å². The Labute approximate surface area is 266 Å². The molecule has 0 radical (unpaired) electrons. The lowest BCUT2D eigenvalue weighted by molar-refractivity contribution is 0.111. The van der Waals surface area contributed by atoms with Gasteiger partial charge in [0, 0.05) is 46.9 Å². The molecule has 45 heavy (non-hydrogen) atoms. The molecule has 3 aromatic carbocycles. The van der Waals surface area contributed by atoms with Crippen LogP contribution in [0.1, 0.15) is 48.1 Å². The molecule has 1 atom stereocenters. The van der Waals surface area contributed by atoms with Gasteiger partial charge in [0.1, 0.15) is 17.3 Å². The maximum atomic E-state index is 15.7. The number of nitrogens with zero attached hydrogens (tertiary/aromatic N) is 6. The first kappa shape index (κ1) is 29.3. The third-order valence-electron chi connectivity index (χ3n) is 8.57. The molecule has 9 nitrogen and oxygen atoms in total. The number of ether oxygens (including phenoxy) is 2. The Kier molecular flexibility index (Phi) is 7.49. The SMILES string of the molecule is Cc1c2nnn1Cc1c(c(F)cc3[nH]ccc13)Oc1ccc(F)c(c1)-c1nc(nn1C)C(C)(c1cccc(Br)c1)CCCOC2. The van der Waals surface area contributed by atoms with Gasteiger partial charge in [0.25, 0.3) is 0 Å². The molecule has 1 unspecified atom stereocenters. The first-order chi connectivity index (χ1) is 21.7. The molecule has 0 fully saturated rings. The van der Waals surface area contributed by atoms with E-state index in [0.29, 0.717) is 47.9 Å². The van der Waals surface area contributed by atoms with Crippen LogP contribution in [0.4, 0.5) is 8.78 Å². The number of hydrogen-bond acceptors (Lipinski definition) is 6. The summed E-state index contributed by atoms with van der Waals surface area (Å²) in [7, 11) is 1.74. The quantitative estimate of drug-likeness (QED) is 0.196. The highest BCUT2D eigenvalue weighted by Crippen LogP contribution is 2.39. The Balaban J connectivity index is 1.39. The van der Waals surface area contributed by atoms with Crippen molar-refractivity contribution in [2.45, 2.75) is 45.3 Å². The molecular formula is C33H30BrF2N7O2. The van der Waals surface area contributed by atoms with E-state index in [2.05, 4.69) is 44.2 Å². The minimum absolute atomic E-state index is 0.0196. The molecule has 6 aromatic rings. The van der Waals surface area contributed by atoms with Crippen molar-refractivity contribution in [1.29, 1.82) is 0 Å². The number of aryl methyl sites for hydroxylation is 1. The highest BCUT2D eigenvalue weighted by Gasteiger charge is 2.34. The van der Waals surface area contributed by atoms with Crippen molar-refractivity contribution in [2.24, 2.45) is 7.05 Å². The fraction of sp³-hybridized carbons (Fsp3) is 0.273. The number of halogens is 3. The van der Waals surface area contributed by atoms with E-state index in [4.69, 9.17) is 19.6 Å². The van der Waals surface area contributed by atoms with Gasteiger partial charge in [-0.3, -0.25) is 0 Å². The van der Waals surface area contributed by atoms with Crippen LogP contribution in [-0.4, -0.2) is 41.3 Å². The Morgan fingerprint density at radius 1 is 1.07 bits per heavy atom. The molecule has 4 heterocycles. The number of aromatic amines is 1. The summed E-state index contributed by atoms with van der Waals surface area (Å²) >= 11 is 3.60. The first-order valence-electron chi connectivity index (χ1n) is 14.6. The lowest BCUT2D eigenvalue weighted by Crippen LogP contribution is -2.26. The van der Waals surface area contributed by atoms with Gasteiger partial charge in [0.15, 0.2) is 23.2 Å². The summed E-state index contributed by atoms with van der Waals surface area (Å²) in [5.41, 5.74) is 3.29. The molecular weight excluding hydrogens is 644 g/mol. The molecule has 230 valence electrons. The van der Waals surface area contributed by atoms with Crippen LogP contribution in [-0.2, 0) is 30.4 Å². The normalized spacial score (nSPS) is 17.3. The predicted molar refractivity (Wildman–Crippen MR) is 168 cm³/mol. The van der Waals surface area contributed by atoms with E-state index in [1.54, 1.807) is 22.6 Å². The molecule has 6 bridgehead atoms. The zero-order chi connectivity index (χ0) is 31.3. The van der Waals surface area contributed by atoms with Gasteiger partial charge < -0.3 is 14.5 Å². The van der Waals surface area contributed by atoms with Crippen LogP contribution in [0.2, 0.25) is 0 Å². The lowest BCUT2D eigenvalue weighted by Gasteiger charge is -2.27. The zero-order valence-electron chi connectivity index (χ0n) is 24.9. The van der Waals surface area contributed by atoms with Crippen molar-refractivity contribution >= 4 is 26.8 Å². The molecule has 12 heteroatoms. The first-order valence-corrected chi connectivity index (χ1v) is 15.4. The van der Waals surface area contributed by atoms with Gasteiger partial charge in [-0.25, -0.2) is 23.1 Å². The van der Waals surface area contributed by atoms with Gasteiger partial charge >= 0.3 is 0 Å². The number of benzene rings is 3. The van der Waals surface area contributed by atoms with Crippen molar-refractivity contribution in [3.05, 3.63) is 105 Å². The van der Waals surface area contributed by atoms with Crippen LogP contribution in [0, 0.1) is 18.6 Å². The third-order valence-corrected chi connectivity index (χ3v) is 9.07. The number of aromatic nitrogens is 7. The standard InChI is InChI=1S/C33H30BrF2N7O2/c1-19-29-18-44-13-5-11-33(2,20-6-4-7-21(34)14-20)32-38-31(42(3)40-32)24-15-22(8-9-26(24)35)45-30-25(17-43(19)41-39-29)23-10-12-37-28(23)16-27(30)36/h4,6-10,12,14-16,37H,5,11,13,17-18H2,1-3H3. The minimum Gasteiger partial charge on any atom is -0.454 e. The number of fused-ring (bicyclic) bond motifs is 10. The smallest absolute Gasteiger partial charge is 0.168 e. The molecule has 3 aromatic heterocycles. The molecule has 1 aliphatic heterocycles. The monoisotopic (exact) mass is 673 g/mol. The van der Waals surface area contributed by atoms with Crippen molar-refractivity contribution in [1.82, 2.24) is 34.7 Å².